The molecule has 0 aromatic heterocycles. The first-order valence-electron chi connectivity index (χ1n) is 4.18. The summed E-state index contributed by atoms with van der Waals surface area (Å²) in [5.41, 5.74) is 6.00. The maximum absolute atomic E-state index is 5.49. The lowest BCUT2D eigenvalue weighted by atomic mass is 9.75. The van der Waals surface area contributed by atoms with Gasteiger partial charge >= 0.3 is 0 Å². The SMILES string of the molecule is CCC1(CC)CN(C(N)=S)C1. The van der Waals surface area contributed by atoms with Crippen LogP contribution in [0.5, 0.6) is 0 Å². The first-order valence-corrected chi connectivity index (χ1v) is 4.59. The van der Waals surface area contributed by atoms with Gasteiger partial charge in [0.1, 0.15) is 0 Å². The predicted octanol–water partition coefficient (Wildman–Crippen LogP) is 1.35. The normalized spacial score (nSPS) is 21.1. The van der Waals surface area contributed by atoms with Crippen LogP contribution in [0.15, 0.2) is 0 Å². The number of thiocarbonyl (C=S) groups is 1. The molecule has 0 aliphatic carbocycles. The van der Waals surface area contributed by atoms with E-state index in [0.717, 1.165) is 13.1 Å². The minimum atomic E-state index is 0.517. The van der Waals surface area contributed by atoms with Gasteiger partial charge in [-0.2, -0.15) is 0 Å². The van der Waals surface area contributed by atoms with E-state index in [1.54, 1.807) is 0 Å². The monoisotopic (exact) mass is 172 g/mol. The van der Waals surface area contributed by atoms with E-state index in [0.29, 0.717) is 10.5 Å². The third kappa shape index (κ3) is 1.48. The molecule has 0 amide bonds. The molecule has 0 radical (unpaired) electrons. The van der Waals surface area contributed by atoms with Crippen molar-refractivity contribution in [3.63, 3.8) is 0 Å². The van der Waals surface area contributed by atoms with Crippen LogP contribution in [-0.2, 0) is 0 Å². The van der Waals surface area contributed by atoms with Gasteiger partial charge in [-0.25, -0.2) is 0 Å². The van der Waals surface area contributed by atoms with Crippen LogP contribution < -0.4 is 5.73 Å². The zero-order valence-corrected chi connectivity index (χ0v) is 8.08. The maximum atomic E-state index is 5.49. The average Bonchev–Trinajstić information content (AvgIpc) is 1.87. The van der Waals surface area contributed by atoms with Crippen molar-refractivity contribution in [3.8, 4) is 0 Å². The molecule has 0 bridgehead atoms. The fourth-order valence-electron chi connectivity index (χ4n) is 1.62. The molecule has 1 rings (SSSR count). The molecule has 64 valence electrons. The van der Waals surface area contributed by atoms with Crippen molar-refractivity contribution in [2.24, 2.45) is 11.1 Å². The lowest BCUT2D eigenvalue weighted by Crippen LogP contribution is -2.59. The molecule has 1 aliphatic heterocycles. The molecule has 1 heterocycles. The van der Waals surface area contributed by atoms with Gasteiger partial charge in [0.25, 0.3) is 0 Å². The molecule has 0 unspecified atom stereocenters. The average molecular weight is 172 g/mol. The van der Waals surface area contributed by atoms with Crippen LogP contribution in [0.2, 0.25) is 0 Å². The molecular weight excluding hydrogens is 156 g/mol. The van der Waals surface area contributed by atoms with Crippen molar-refractivity contribution in [2.75, 3.05) is 13.1 Å². The Labute approximate surface area is 73.7 Å². The van der Waals surface area contributed by atoms with Gasteiger partial charge in [-0.05, 0) is 25.1 Å². The summed E-state index contributed by atoms with van der Waals surface area (Å²) >= 11 is 4.87. The van der Waals surface area contributed by atoms with Crippen molar-refractivity contribution in [1.82, 2.24) is 4.90 Å². The molecule has 3 heteroatoms. The van der Waals surface area contributed by atoms with E-state index in [9.17, 15) is 0 Å². The Bertz CT molecular complexity index is 155. The van der Waals surface area contributed by atoms with Crippen LogP contribution in [0.25, 0.3) is 0 Å². The van der Waals surface area contributed by atoms with Gasteiger partial charge in [0.15, 0.2) is 5.11 Å². The van der Waals surface area contributed by atoms with Gasteiger partial charge in [-0.1, -0.05) is 13.8 Å². The van der Waals surface area contributed by atoms with Crippen LogP contribution >= 0.6 is 12.2 Å². The summed E-state index contributed by atoms with van der Waals surface area (Å²) in [7, 11) is 0. The summed E-state index contributed by atoms with van der Waals surface area (Å²) in [5.74, 6) is 0. The van der Waals surface area contributed by atoms with Crippen LogP contribution in [0.3, 0.4) is 0 Å². The number of hydrogen-bond acceptors (Lipinski definition) is 1. The molecule has 11 heavy (non-hydrogen) atoms. The molecule has 1 aliphatic rings. The quantitative estimate of drug-likeness (QED) is 0.638. The lowest BCUT2D eigenvalue weighted by Gasteiger charge is -2.50. The highest BCUT2D eigenvalue weighted by Crippen LogP contribution is 2.36. The minimum Gasteiger partial charge on any atom is -0.376 e. The van der Waals surface area contributed by atoms with E-state index in [2.05, 4.69) is 18.7 Å². The van der Waals surface area contributed by atoms with E-state index >= 15 is 0 Å². The Hall–Kier alpha value is -0.310. The van der Waals surface area contributed by atoms with Gasteiger partial charge in [0.05, 0.1) is 0 Å². The van der Waals surface area contributed by atoms with Crippen LogP contribution in [0.1, 0.15) is 26.7 Å². The zero-order chi connectivity index (χ0) is 8.48. The molecule has 0 atom stereocenters. The summed E-state index contributed by atoms with van der Waals surface area (Å²) in [4.78, 5) is 2.07. The Kier molecular flexibility index (Phi) is 2.37. The third-order valence-corrected chi connectivity index (χ3v) is 3.12. The van der Waals surface area contributed by atoms with E-state index < -0.39 is 0 Å². The number of rotatable bonds is 2. The number of nitrogens with two attached hydrogens (primary N) is 1. The highest BCUT2D eigenvalue weighted by Gasteiger charge is 2.40. The first kappa shape index (κ1) is 8.78. The second-order valence-electron chi connectivity index (χ2n) is 3.40. The first-order chi connectivity index (χ1) is 5.13. The van der Waals surface area contributed by atoms with Crippen molar-refractivity contribution < 1.29 is 0 Å². The van der Waals surface area contributed by atoms with Gasteiger partial charge in [0.2, 0.25) is 0 Å². The fraction of sp³-hybridized carbons (Fsp3) is 0.875. The second-order valence-corrected chi connectivity index (χ2v) is 3.82. The topological polar surface area (TPSA) is 29.3 Å². The summed E-state index contributed by atoms with van der Waals surface area (Å²) in [6.45, 7) is 6.60. The predicted molar refractivity (Wildman–Crippen MR) is 51.4 cm³/mol. The lowest BCUT2D eigenvalue weighted by molar-refractivity contribution is 0.0516. The molecule has 2 N–H and O–H groups in total. The smallest absolute Gasteiger partial charge is 0.166 e. The third-order valence-electron chi connectivity index (χ3n) is 2.86. The second kappa shape index (κ2) is 2.97. The maximum Gasteiger partial charge on any atom is 0.166 e. The van der Waals surface area contributed by atoms with Crippen LogP contribution in [0.4, 0.5) is 0 Å². The van der Waals surface area contributed by atoms with Gasteiger partial charge < -0.3 is 10.6 Å². The highest BCUT2D eigenvalue weighted by molar-refractivity contribution is 7.80. The molecule has 2 nitrogen and oxygen atoms in total. The fourth-order valence-corrected chi connectivity index (χ4v) is 1.75. The highest BCUT2D eigenvalue weighted by atomic mass is 32.1. The van der Waals surface area contributed by atoms with E-state index in [1.165, 1.54) is 12.8 Å². The Morgan fingerprint density at radius 1 is 1.45 bits per heavy atom. The van der Waals surface area contributed by atoms with Crippen molar-refractivity contribution in [1.29, 1.82) is 0 Å². The van der Waals surface area contributed by atoms with Gasteiger partial charge in [-0.15, -0.1) is 0 Å². The van der Waals surface area contributed by atoms with Gasteiger partial charge in [-0.3, -0.25) is 0 Å². The van der Waals surface area contributed by atoms with Crippen molar-refractivity contribution >= 4 is 17.3 Å². The van der Waals surface area contributed by atoms with Crippen LogP contribution in [0, 0.1) is 5.41 Å². The standard InChI is InChI=1S/C8H16N2S/c1-3-8(4-2)5-10(6-8)7(9)11/h3-6H2,1-2H3,(H2,9,11). The minimum absolute atomic E-state index is 0.517. The van der Waals surface area contributed by atoms with E-state index in [4.69, 9.17) is 18.0 Å². The Morgan fingerprint density at radius 3 is 2.18 bits per heavy atom. The summed E-state index contributed by atoms with van der Waals surface area (Å²) in [6, 6.07) is 0. The summed E-state index contributed by atoms with van der Waals surface area (Å²) in [5, 5.41) is 0.558. The van der Waals surface area contributed by atoms with E-state index in [1.807, 2.05) is 0 Å². The van der Waals surface area contributed by atoms with Gasteiger partial charge in [0, 0.05) is 18.5 Å². The van der Waals surface area contributed by atoms with Crippen LogP contribution in [-0.4, -0.2) is 23.1 Å². The summed E-state index contributed by atoms with van der Waals surface area (Å²) < 4.78 is 0. The summed E-state index contributed by atoms with van der Waals surface area (Å²) in [6.07, 6.45) is 2.48. The van der Waals surface area contributed by atoms with Crippen molar-refractivity contribution in [2.45, 2.75) is 26.7 Å². The molecule has 0 spiro atoms. The molecule has 1 fully saturated rings. The number of hydrogen-bond donors (Lipinski definition) is 1. The zero-order valence-electron chi connectivity index (χ0n) is 7.26. The Balaban J connectivity index is 2.41. The molecule has 0 aromatic carbocycles. The molecule has 0 saturated carbocycles. The molecule has 1 saturated heterocycles. The number of likely N-dealkylation sites (tertiary alicyclic amines) is 1. The molecule has 0 aromatic rings. The number of nitrogens with zero attached hydrogens (tertiary/aromatic N) is 1. The van der Waals surface area contributed by atoms with E-state index in [-0.39, 0.29) is 0 Å². The van der Waals surface area contributed by atoms with Crippen molar-refractivity contribution in [3.05, 3.63) is 0 Å². The Morgan fingerprint density at radius 2 is 1.91 bits per heavy atom. The largest absolute Gasteiger partial charge is 0.376 e. The molecular formula is C8H16N2S.